The molecule has 24 heavy (non-hydrogen) atoms. The van der Waals surface area contributed by atoms with Crippen LogP contribution in [0.1, 0.15) is 24.0 Å². The van der Waals surface area contributed by atoms with Crippen molar-refractivity contribution in [3.8, 4) is 6.07 Å². The third-order valence-electron chi connectivity index (χ3n) is 4.39. The van der Waals surface area contributed by atoms with Gasteiger partial charge in [-0.1, -0.05) is 23.7 Å². The first-order chi connectivity index (χ1) is 11.6. The molecule has 2 aromatic carbocycles. The van der Waals surface area contributed by atoms with Gasteiger partial charge in [0.15, 0.2) is 0 Å². The standard InChI is InChI=1S/C18H16ClN3O2/c19-15-5-3-13(4-6-15)10-16-2-1-9-21(16)17-7-8-18(22(23)24)14(11-17)12-20/h3-8,11,16H,1-2,9-10H2. The van der Waals surface area contributed by atoms with E-state index in [1.807, 2.05) is 30.3 Å². The van der Waals surface area contributed by atoms with Gasteiger partial charge in [0.1, 0.15) is 11.6 Å². The molecule has 5 nitrogen and oxygen atoms in total. The van der Waals surface area contributed by atoms with E-state index in [0.29, 0.717) is 6.04 Å². The van der Waals surface area contributed by atoms with E-state index >= 15 is 0 Å². The summed E-state index contributed by atoms with van der Waals surface area (Å²) in [6, 6.07) is 14.8. The topological polar surface area (TPSA) is 70.2 Å². The van der Waals surface area contributed by atoms with Gasteiger partial charge < -0.3 is 4.90 Å². The number of benzene rings is 2. The third kappa shape index (κ3) is 3.34. The second-order valence-electron chi connectivity index (χ2n) is 5.89. The lowest BCUT2D eigenvalue weighted by Crippen LogP contribution is -2.31. The summed E-state index contributed by atoms with van der Waals surface area (Å²) in [5.74, 6) is 0. The maximum absolute atomic E-state index is 11.0. The van der Waals surface area contributed by atoms with Crippen LogP contribution in [0.3, 0.4) is 0 Å². The van der Waals surface area contributed by atoms with Gasteiger partial charge in [-0.2, -0.15) is 5.26 Å². The Labute approximate surface area is 145 Å². The van der Waals surface area contributed by atoms with Crippen LogP contribution in [-0.4, -0.2) is 17.5 Å². The maximum Gasteiger partial charge on any atom is 0.287 e. The Kier molecular flexibility index (Phi) is 4.68. The van der Waals surface area contributed by atoms with Crippen LogP contribution in [0.25, 0.3) is 0 Å². The summed E-state index contributed by atoms with van der Waals surface area (Å²) in [4.78, 5) is 12.7. The fraction of sp³-hybridized carbons (Fsp3) is 0.278. The van der Waals surface area contributed by atoms with Gasteiger partial charge in [-0.15, -0.1) is 0 Å². The van der Waals surface area contributed by atoms with Crippen molar-refractivity contribution < 1.29 is 4.92 Å². The quantitative estimate of drug-likeness (QED) is 0.613. The Morgan fingerprint density at radius 1 is 1.29 bits per heavy atom. The molecule has 3 rings (SSSR count). The van der Waals surface area contributed by atoms with E-state index in [0.717, 1.165) is 36.5 Å². The molecular weight excluding hydrogens is 326 g/mol. The van der Waals surface area contributed by atoms with Crippen LogP contribution in [0.2, 0.25) is 5.02 Å². The van der Waals surface area contributed by atoms with E-state index in [1.165, 1.54) is 11.6 Å². The highest BCUT2D eigenvalue weighted by Crippen LogP contribution is 2.31. The minimum atomic E-state index is -0.516. The van der Waals surface area contributed by atoms with Gasteiger partial charge in [-0.25, -0.2) is 0 Å². The number of halogens is 1. The van der Waals surface area contributed by atoms with Crippen molar-refractivity contribution in [3.05, 3.63) is 68.7 Å². The Balaban J connectivity index is 1.84. The van der Waals surface area contributed by atoms with Gasteiger partial charge >= 0.3 is 0 Å². The highest BCUT2D eigenvalue weighted by molar-refractivity contribution is 6.30. The van der Waals surface area contributed by atoms with E-state index in [-0.39, 0.29) is 11.3 Å². The molecule has 6 heteroatoms. The average Bonchev–Trinajstić information content (AvgIpc) is 3.04. The fourth-order valence-electron chi connectivity index (χ4n) is 3.23. The SMILES string of the molecule is N#Cc1cc(N2CCCC2Cc2ccc(Cl)cc2)ccc1[N+](=O)[O-]. The Morgan fingerprint density at radius 2 is 2.04 bits per heavy atom. The lowest BCUT2D eigenvalue weighted by Gasteiger charge is -2.27. The summed E-state index contributed by atoms with van der Waals surface area (Å²) < 4.78 is 0. The van der Waals surface area contributed by atoms with Crippen LogP contribution in [0.15, 0.2) is 42.5 Å². The summed E-state index contributed by atoms with van der Waals surface area (Å²) >= 11 is 5.93. The molecule has 0 radical (unpaired) electrons. The fourth-order valence-corrected chi connectivity index (χ4v) is 3.36. The van der Waals surface area contributed by atoms with Crippen LogP contribution in [0, 0.1) is 21.4 Å². The zero-order chi connectivity index (χ0) is 17.1. The minimum Gasteiger partial charge on any atom is -0.368 e. The summed E-state index contributed by atoms with van der Waals surface area (Å²) in [6.07, 6.45) is 3.01. The first-order valence-electron chi connectivity index (χ1n) is 7.78. The lowest BCUT2D eigenvalue weighted by molar-refractivity contribution is -0.385. The van der Waals surface area contributed by atoms with Crippen LogP contribution in [0.4, 0.5) is 11.4 Å². The predicted molar refractivity (Wildman–Crippen MR) is 93.3 cm³/mol. The van der Waals surface area contributed by atoms with Crippen molar-refractivity contribution in [1.29, 1.82) is 5.26 Å². The van der Waals surface area contributed by atoms with E-state index in [1.54, 1.807) is 12.1 Å². The zero-order valence-corrected chi connectivity index (χ0v) is 13.7. The van der Waals surface area contributed by atoms with Crippen molar-refractivity contribution in [3.63, 3.8) is 0 Å². The van der Waals surface area contributed by atoms with Gasteiger partial charge in [-0.05, 0) is 49.1 Å². The van der Waals surface area contributed by atoms with Gasteiger partial charge in [0.25, 0.3) is 5.69 Å². The number of anilines is 1. The largest absolute Gasteiger partial charge is 0.368 e. The molecule has 0 aliphatic carbocycles. The van der Waals surface area contributed by atoms with Gasteiger partial charge in [0.2, 0.25) is 0 Å². The van der Waals surface area contributed by atoms with Crippen molar-refractivity contribution in [2.45, 2.75) is 25.3 Å². The number of rotatable bonds is 4. The van der Waals surface area contributed by atoms with Crippen LogP contribution < -0.4 is 4.90 Å². The minimum absolute atomic E-state index is 0.106. The number of nitrogens with zero attached hydrogens (tertiary/aromatic N) is 3. The summed E-state index contributed by atoms with van der Waals surface area (Å²) in [6.45, 7) is 0.890. The highest BCUT2D eigenvalue weighted by atomic mass is 35.5. The van der Waals surface area contributed by atoms with E-state index < -0.39 is 4.92 Å². The highest BCUT2D eigenvalue weighted by Gasteiger charge is 2.26. The number of hydrogen-bond donors (Lipinski definition) is 0. The van der Waals surface area contributed by atoms with E-state index in [4.69, 9.17) is 11.6 Å². The van der Waals surface area contributed by atoms with Crippen molar-refractivity contribution in [2.75, 3.05) is 11.4 Å². The Bertz CT molecular complexity index is 799. The summed E-state index contributed by atoms with van der Waals surface area (Å²) in [5, 5.41) is 20.9. The van der Waals surface area contributed by atoms with Crippen molar-refractivity contribution in [2.24, 2.45) is 0 Å². The average molecular weight is 342 g/mol. The Morgan fingerprint density at radius 3 is 2.71 bits per heavy atom. The molecular formula is C18H16ClN3O2. The third-order valence-corrected chi connectivity index (χ3v) is 4.64. The molecule has 1 unspecified atom stereocenters. The van der Waals surface area contributed by atoms with Crippen LogP contribution in [0.5, 0.6) is 0 Å². The first-order valence-corrected chi connectivity index (χ1v) is 8.16. The first kappa shape index (κ1) is 16.3. The summed E-state index contributed by atoms with van der Waals surface area (Å²) in [5.41, 5.74) is 2.04. The molecule has 0 spiro atoms. The van der Waals surface area contributed by atoms with Gasteiger partial charge in [0.05, 0.1) is 4.92 Å². The zero-order valence-electron chi connectivity index (χ0n) is 13.0. The molecule has 122 valence electrons. The predicted octanol–water partition coefficient (Wildman–Crippen LogP) is 4.33. The molecule has 1 fully saturated rings. The Hall–Kier alpha value is -2.58. The number of nitriles is 1. The van der Waals surface area contributed by atoms with Crippen molar-refractivity contribution >= 4 is 23.0 Å². The molecule has 0 N–H and O–H groups in total. The van der Waals surface area contributed by atoms with Crippen molar-refractivity contribution in [1.82, 2.24) is 0 Å². The summed E-state index contributed by atoms with van der Waals surface area (Å²) in [7, 11) is 0. The van der Waals surface area contributed by atoms with E-state index in [9.17, 15) is 15.4 Å². The smallest absolute Gasteiger partial charge is 0.287 e. The molecule has 1 heterocycles. The molecule has 2 aromatic rings. The molecule has 1 atom stereocenters. The molecule has 0 aromatic heterocycles. The monoisotopic (exact) mass is 341 g/mol. The number of hydrogen-bond acceptors (Lipinski definition) is 4. The molecule has 0 bridgehead atoms. The van der Waals surface area contributed by atoms with Crippen LogP contribution >= 0.6 is 11.6 Å². The van der Waals surface area contributed by atoms with Gasteiger partial charge in [0, 0.05) is 29.4 Å². The number of nitro groups is 1. The molecule has 1 saturated heterocycles. The second kappa shape index (κ2) is 6.90. The van der Waals surface area contributed by atoms with E-state index in [2.05, 4.69) is 4.90 Å². The molecule has 1 aliphatic heterocycles. The number of nitro benzene ring substituents is 1. The van der Waals surface area contributed by atoms with Gasteiger partial charge in [-0.3, -0.25) is 10.1 Å². The molecule has 1 aliphatic rings. The molecule has 0 amide bonds. The normalized spacial score (nSPS) is 16.8. The molecule has 0 saturated carbocycles. The lowest BCUT2D eigenvalue weighted by atomic mass is 10.0. The maximum atomic E-state index is 11.0. The van der Waals surface area contributed by atoms with Crippen LogP contribution in [-0.2, 0) is 6.42 Å². The second-order valence-corrected chi connectivity index (χ2v) is 6.33.